The van der Waals surface area contributed by atoms with Crippen molar-refractivity contribution in [2.45, 2.75) is 44.9 Å². The average Bonchev–Trinajstić information content (AvgIpc) is 3.16. The van der Waals surface area contributed by atoms with Gasteiger partial charge in [-0.15, -0.1) is 0 Å². The molecule has 3 N–H and O–H groups in total. The van der Waals surface area contributed by atoms with E-state index in [2.05, 4.69) is 29.0 Å². The molecule has 0 radical (unpaired) electrons. The first-order valence-corrected chi connectivity index (χ1v) is 9.90. The third kappa shape index (κ3) is 3.12. The Morgan fingerprint density at radius 3 is 2.83 bits per heavy atom. The van der Waals surface area contributed by atoms with E-state index in [4.69, 9.17) is 15.2 Å². The molecule has 2 aromatic rings. The number of hydrogen-bond acceptors (Lipinski definition) is 6. The van der Waals surface area contributed by atoms with Gasteiger partial charge in [0.1, 0.15) is 17.7 Å². The minimum absolute atomic E-state index is 0.0441. The summed E-state index contributed by atoms with van der Waals surface area (Å²) in [5, 5.41) is 4.59. The number of alkyl carbamates (subject to hydrolysis) is 1. The quantitative estimate of drug-likeness (QED) is 0.821. The van der Waals surface area contributed by atoms with Crippen LogP contribution < -0.4 is 20.7 Å². The van der Waals surface area contributed by atoms with Crippen LogP contribution in [-0.4, -0.2) is 48.3 Å². The van der Waals surface area contributed by atoms with Gasteiger partial charge in [-0.2, -0.15) is 0 Å². The molecule has 1 aliphatic carbocycles. The maximum absolute atomic E-state index is 12.0. The van der Waals surface area contributed by atoms with Crippen molar-refractivity contribution in [2.75, 3.05) is 18.0 Å². The standard InChI is InChI=1S/C21H24N4O4/c1-21(2)7-12(8-21)28-16-6-13-11(5-14(16)18(22)26)3-4-23-19(13)25-9-15-17(10-25)29-20(27)24-15/h3-6,12,15,17H,7-10H2,1-2H3,(H2,22,26)(H,24,27)/t15-,17+/m0/s1. The zero-order chi connectivity index (χ0) is 20.3. The molecular weight excluding hydrogens is 372 g/mol. The highest BCUT2D eigenvalue weighted by molar-refractivity contribution is 6.03. The van der Waals surface area contributed by atoms with Crippen molar-refractivity contribution in [3.63, 3.8) is 0 Å². The van der Waals surface area contributed by atoms with E-state index in [0.717, 1.165) is 29.4 Å². The number of rotatable bonds is 4. The molecule has 29 heavy (non-hydrogen) atoms. The monoisotopic (exact) mass is 396 g/mol. The highest BCUT2D eigenvalue weighted by atomic mass is 16.6. The summed E-state index contributed by atoms with van der Waals surface area (Å²) in [5.41, 5.74) is 6.27. The number of primary amides is 1. The van der Waals surface area contributed by atoms with E-state index < -0.39 is 5.91 Å². The first kappa shape index (κ1) is 18.0. The first-order chi connectivity index (χ1) is 13.8. The molecule has 152 valence electrons. The number of amides is 2. The van der Waals surface area contributed by atoms with E-state index in [9.17, 15) is 9.59 Å². The van der Waals surface area contributed by atoms with E-state index in [1.54, 1.807) is 12.3 Å². The summed E-state index contributed by atoms with van der Waals surface area (Å²) < 4.78 is 11.5. The third-order valence-electron chi connectivity index (χ3n) is 6.09. The van der Waals surface area contributed by atoms with Crippen LogP contribution in [0.1, 0.15) is 37.0 Å². The second-order valence-electron chi connectivity index (χ2n) is 8.98. The Balaban J connectivity index is 1.50. The number of fused-ring (bicyclic) bond motifs is 2. The molecule has 5 rings (SSSR count). The molecule has 0 spiro atoms. The van der Waals surface area contributed by atoms with E-state index in [0.29, 0.717) is 24.4 Å². The number of ether oxygens (including phenoxy) is 2. The number of aromatic nitrogens is 1. The van der Waals surface area contributed by atoms with Crippen LogP contribution in [0.25, 0.3) is 10.8 Å². The highest BCUT2D eigenvalue weighted by Crippen LogP contribution is 2.43. The molecule has 3 heterocycles. The molecule has 2 aliphatic heterocycles. The van der Waals surface area contributed by atoms with Crippen LogP contribution in [0.5, 0.6) is 5.75 Å². The van der Waals surface area contributed by atoms with Crippen molar-refractivity contribution < 1.29 is 19.1 Å². The average molecular weight is 396 g/mol. The summed E-state index contributed by atoms with van der Waals surface area (Å²) in [6.45, 7) is 5.60. The van der Waals surface area contributed by atoms with Gasteiger partial charge < -0.3 is 25.4 Å². The smallest absolute Gasteiger partial charge is 0.407 e. The van der Waals surface area contributed by atoms with Crippen LogP contribution in [0.15, 0.2) is 24.4 Å². The topological polar surface area (TPSA) is 107 Å². The van der Waals surface area contributed by atoms with Crippen LogP contribution in [0.4, 0.5) is 10.6 Å². The van der Waals surface area contributed by atoms with E-state index in [-0.39, 0.29) is 29.8 Å². The fraction of sp³-hybridized carbons (Fsp3) is 0.476. The van der Waals surface area contributed by atoms with Crippen molar-refractivity contribution >= 4 is 28.6 Å². The van der Waals surface area contributed by atoms with Gasteiger partial charge in [0.25, 0.3) is 5.91 Å². The lowest BCUT2D eigenvalue weighted by Gasteiger charge is -2.42. The normalized spacial score (nSPS) is 25.3. The fourth-order valence-electron chi connectivity index (χ4n) is 4.69. The van der Waals surface area contributed by atoms with Gasteiger partial charge in [0.05, 0.1) is 24.3 Å². The maximum Gasteiger partial charge on any atom is 0.407 e. The Morgan fingerprint density at radius 1 is 1.34 bits per heavy atom. The van der Waals surface area contributed by atoms with E-state index >= 15 is 0 Å². The first-order valence-electron chi connectivity index (χ1n) is 9.90. The van der Waals surface area contributed by atoms with E-state index in [1.165, 1.54) is 0 Å². The molecule has 1 aromatic carbocycles. The van der Waals surface area contributed by atoms with Crippen LogP contribution in [-0.2, 0) is 4.74 Å². The third-order valence-corrected chi connectivity index (χ3v) is 6.09. The van der Waals surface area contributed by atoms with Gasteiger partial charge in [0.15, 0.2) is 0 Å². The zero-order valence-corrected chi connectivity index (χ0v) is 16.5. The number of nitrogens with two attached hydrogens (primary N) is 1. The van der Waals surface area contributed by atoms with Crippen molar-refractivity contribution in [1.29, 1.82) is 0 Å². The minimum Gasteiger partial charge on any atom is -0.490 e. The lowest BCUT2D eigenvalue weighted by molar-refractivity contribution is 0.0102. The Morgan fingerprint density at radius 2 is 2.14 bits per heavy atom. The number of anilines is 1. The second-order valence-corrected chi connectivity index (χ2v) is 8.98. The molecule has 3 aliphatic rings. The molecule has 8 heteroatoms. The summed E-state index contributed by atoms with van der Waals surface area (Å²) in [4.78, 5) is 30.1. The Hall–Kier alpha value is -3.03. The fourth-order valence-corrected chi connectivity index (χ4v) is 4.69. The number of carbonyl (C=O) groups excluding carboxylic acids is 2. The largest absolute Gasteiger partial charge is 0.490 e. The van der Waals surface area contributed by atoms with E-state index in [1.807, 2.05) is 12.1 Å². The Labute approximate surface area is 168 Å². The molecule has 0 bridgehead atoms. The summed E-state index contributed by atoms with van der Waals surface area (Å²) in [6, 6.07) is 5.46. The van der Waals surface area contributed by atoms with Gasteiger partial charge in [-0.3, -0.25) is 4.79 Å². The second kappa shape index (κ2) is 6.23. The number of pyridine rings is 1. The number of nitrogens with zero attached hydrogens (tertiary/aromatic N) is 2. The molecule has 1 saturated carbocycles. The van der Waals surface area contributed by atoms with Gasteiger partial charge in [-0.1, -0.05) is 13.8 Å². The summed E-state index contributed by atoms with van der Waals surface area (Å²) in [6.07, 6.45) is 3.12. The predicted octanol–water partition coefficient (Wildman–Crippen LogP) is 2.20. The lowest BCUT2D eigenvalue weighted by Crippen LogP contribution is -2.40. The molecule has 2 atom stereocenters. The molecule has 0 unspecified atom stereocenters. The molecule has 8 nitrogen and oxygen atoms in total. The minimum atomic E-state index is -0.509. The predicted molar refractivity (Wildman–Crippen MR) is 107 cm³/mol. The summed E-state index contributed by atoms with van der Waals surface area (Å²) in [7, 11) is 0. The summed E-state index contributed by atoms with van der Waals surface area (Å²) >= 11 is 0. The summed E-state index contributed by atoms with van der Waals surface area (Å²) in [5.74, 6) is 0.777. The van der Waals surface area contributed by atoms with Crippen molar-refractivity contribution in [3.8, 4) is 5.75 Å². The van der Waals surface area contributed by atoms with Crippen molar-refractivity contribution in [3.05, 3.63) is 30.0 Å². The van der Waals surface area contributed by atoms with Gasteiger partial charge in [-0.05, 0) is 41.8 Å². The van der Waals surface area contributed by atoms with Gasteiger partial charge >= 0.3 is 6.09 Å². The maximum atomic E-state index is 12.0. The van der Waals surface area contributed by atoms with Gasteiger partial charge in [0, 0.05) is 18.1 Å². The van der Waals surface area contributed by atoms with Crippen LogP contribution >= 0.6 is 0 Å². The van der Waals surface area contributed by atoms with Crippen LogP contribution in [0, 0.1) is 5.41 Å². The molecule has 2 amide bonds. The zero-order valence-electron chi connectivity index (χ0n) is 16.5. The number of benzene rings is 1. The van der Waals surface area contributed by atoms with Crippen molar-refractivity contribution in [1.82, 2.24) is 10.3 Å². The molecule has 3 fully saturated rings. The van der Waals surface area contributed by atoms with Gasteiger partial charge in [-0.25, -0.2) is 9.78 Å². The van der Waals surface area contributed by atoms with Gasteiger partial charge in [0.2, 0.25) is 0 Å². The Kier molecular flexibility index (Phi) is 3.88. The number of nitrogens with one attached hydrogen (secondary N) is 1. The van der Waals surface area contributed by atoms with Crippen LogP contribution in [0.3, 0.4) is 0 Å². The molecule has 1 aromatic heterocycles. The number of carbonyl (C=O) groups is 2. The molecule has 2 saturated heterocycles. The SMILES string of the molecule is CC1(C)CC(Oc2cc3c(N4C[C@@H]5NC(=O)O[C@@H]5C4)nccc3cc2C(N)=O)C1. The highest BCUT2D eigenvalue weighted by Gasteiger charge is 2.43. The lowest BCUT2D eigenvalue weighted by atomic mass is 9.70. The Bertz CT molecular complexity index is 997. The van der Waals surface area contributed by atoms with Crippen LogP contribution in [0.2, 0.25) is 0 Å². The molecular formula is C21H24N4O4. The number of hydrogen-bond donors (Lipinski definition) is 2. The van der Waals surface area contributed by atoms with Crippen molar-refractivity contribution in [2.24, 2.45) is 11.1 Å².